The van der Waals surface area contributed by atoms with E-state index in [0.29, 0.717) is 56.9 Å². The zero-order valence-corrected chi connectivity index (χ0v) is 21.3. The number of benzene rings is 2. The maximum absolute atomic E-state index is 13.3. The number of nitrogens with zero attached hydrogens (tertiary/aromatic N) is 3. The van der Waals surface area contributed by atoms with Crippen molar-refractivity contribution in [3.05, 3.63) is 62.9 Å². The summed E-state index contributed by atoms with van der Waals surface area (Å²) in [6, 6.07) is 12.3. The van der Waals surface area contributed by atoms with Gasteiger partial charge in [0.05, 0.1) is 21.6 Å². The summed E-state index contributed by atoms with van der Waals surface area (Å²) in [7, 11) is 0. The number of aromatic nitrogens is 2. The highest BCUT2D eigenvalue weighted by Crippen LogP contribution is 2.28. The lowest BCUT2D eigenvalue weighted by molar-refractivity contribution is -0.121. The lowest BCUT2D eigenvalue weighted by atomic mass is 10.1. The molecule has 3 aromatic rings. The lowest BCUT2D eigenvalue weighted by Gasteiger charge is -2.26. The fraction of sp³-hybridized carbons (Fsp3) is 0.400. The number of rotatable bonds is 9. The fourth-order valence-corrected chi connectivity index (χ4v) is 5.54. The van der Waals surface area contributed by atoms with E-state index < -0.39 is 0 Å². The van der Waals surface area contributed by atoms with E-state index in [9.17, 15) is 9.59 Å². The van der Waals surface area contributed by atoms with Gasteiger partial charge >= 0.3 is 0 Å². The Morgan fingerprint density at radius 1 is 1.09 bits per heavy atom. The van der Waals surface area contributed by atoms with Gasteiger partial charge in [-0.3, -0.25) is 14.2 Å². The molecule has 0 unspecified atom stereocenters. The van der Waals surface area contributed by atoms with E-state index in [-0.39, 0.29) is 11.5 Å². The second-order valence-electron chi connectivity index (χ2n) is 8.35. The molecule has 0 saturated carbocycles. The van der Waals surface area contributed by atoms with Crippen molar-refractivity contribution >= 4 is 51.8 Å². The zero-order chi connectivity index (χ0) is 23.9. The molecule has 1 N–H and O–H groups in total. The number of hydrogen-bond donors (Lipinski definition) is 1. The molecule has 34 heavy (non-hydrogen) atoms. The molecule has 1 aliphatic rings. The minimum absolute atomic E-state index is 0.0576. The van der Waals surface area contributed by atoms with Gasteiger partial charge in [-0.05, 0) is 62.7 Å². The van der Waals surface area contributed by atoms with Crippen LogP contribution >= 0.6 is 35.0 Å². The summed E-state index contributed by atoms with van der Waals surface area (Å²) in [6.45, 7) is 3.86. The molecule has 4 rings (SSSR count). The first kappa shape index (κ1) is 25.0. The Labute approximate surface area is 213 Å². The number of thioether (sulfide) groups is 1. The van der Waals surface area contributed by atoms with Gasteiger partial charge in [0.15, 0.2) is 5.16 Å². The minimum Gasteiger partial charge on any atom is -0.355 e. The van der Waals surface area contributed by atoms with Crippen LogP contribution in [0.3, 0.4) is 0 Å². The molecule has 9 heteroatoms. The van der Waals surface area contributed by atoms with Crippen molar-refractivity contribution in [2.24, 2.45) is 0 Å². The average Bonchev–Trinajstić information content (AvgIpc) is 2.83. The predicted octanol–water partition coefficient (Wildman–Crippen LogP) is 5.17. The maximum Gasteiger partial charge on any atom is 0.266 e. The third kappa shape index (κ3) is 6.33. The van der Waals surface area contributed by atoms with Crippen molar-refractivity contribution in [1.82, 2.24) is 19.8 Å². The van der Waals surface area contributed by atoms with E-state index in [2.05, 4.69) is 10.2 Å². The van der Waals surface area contributed by atoms with Gasteiger partial charge < -0.3 is 10.2 Å². The van der Waals surface area contributed by atoms with Gasteiger partial charge in [-0.1, -0.05) is 53.5 Å². The summed E-state index contributed by atoms with van der Waals surface area (Å²) in [4.78, 5) is 32.7. The second kappa shape index (κ2) is 12.1. The summed E-state index contributed by atoms with van der Waals surface area (Å²) in [5.74, 6) is 0.706. The summed E-state index contributed by atoms with van der Waals surface area (Å²) in [5.41, 5.74) is 0.979. The Morgan fingerprint density at radius 2 is 1.88 bits per heavy atom. The number of likely N-dealkylation sites (tertiary alicyclic amines) is 1. The average molecular weight is 519 g/mol. The van der Waals surface area contributed by atoms with Gasteiger partial charge in [0.1, 0.15) is 0 Å². The van der Waals surface area contributed by atoms with Gasteiger partial charge in [0.25, 0.3) is 5.56 Å². The Balaban J connectivity index is 1.40. The Bertz CT molecular complexity index is 1210. The van der Waals surface area contributed by atoms with Crippen LogP contribution in [-0.2, 0) is 4.79 Å². The number of carbonyl (C=O) groups excluding carboxylic acids is 1. The van der Waals surface area contributed by atoms with Crippen molar-refractivity contribution in [1.29, 1.82) is 0 Å². The van der Waals surface area contributed by atoms with Crippen LogP contribution in [0.15, 0.2) is 52.4 Å². The molecule has 1 amide bonds. The molecule has 1 saturated heterocycles. The molecular weight excluding hydrogens is 491 g/mol. The minimum atomic E-state index is -0.187. The molecular formula is C25H28Cl2N4O2S. The van der Waals surface area contributed by atoms with Gasteiger partial charge in [-0.25, -0.2) is 4.98 Å². The van der Waals surface area contributed by atoms with Crippen LogP contribution in [0.1, 0.15) is 32.1 Å². The molecule has 2 aromatic carbocycles. The molecule has 0 spiro atoms. The van der Waals surface area contributed by atoms with E-state index in [1.54, 1.807) is 24.3 Å². The van der Waals surface area contributed by atoms with Crippen molar-refractivity contribution in [3.8, 4) is 5.69 Å². The molecule has 0 bridgehead atoms. The van der Waals surface area contributed by atoms with E-state index >= 15 is 0 Å². The summed E-state index contributed by atoms with van der Waals surface area (Å²) >= 11 is 13.9. The van der Waals surface area contributed by atoms with Crippen LogP contribution in [-0.4, -0.2) is 52.3 Å². The van der Waals surface area contributed by atoms with Crippen molar-refractivity contribution < 1.29 is 4.79 Å². The summed E-state index contributed by atoms with van der Waals surface area (Å²) in [5, 5.41) is 4.95. The summed E-state index contributed by atoms with van der Waals surface area (Å²) in [6.07, 6.45) is 4.93. The third-order valence-electron chi connectivity index (χ3n) is 5.87. The SMILES string of the molecule is O=C(CCCSc1nc2ccccc2c(=O)n1-c1ccc(Cl)cc1Cl)NCCN1CCCCC1. The quantitative estimate of drug-likeness (QED) is 0.240. The van der Waals surface area contributed by atoms with E-state index in [4.69, 9.17) is 28.2 Å². The van der Waals surface area contributed by atoms with Crippen molar-refractivity contribution in [3.63, 3.8) is 0 Å². The number of piperidine rings is 1. The molecule has 0 aliphatic carbocycles. The molecule has 1 fully saturated rings. The van der Waals surface area contributed by atoms with Crippen LogP contribution in [0.4, 0.5) is 0 Å². The maximum atomic E-state index is 13.3. The first-order valence-electron chi connectivity index (χ1n) is 11.6. The van der Waals surface area contributed by atoms with Crippen LogP contribution in [0.2, 0.25) is 10.0 Å². The predicted molar refractivity (Wildman–Crippen MR) is 141 cm³/mol. The van der Waals surface area contributed by atoms with Crippen LogP contribution in [0, 0.1) is 0 Å². The number of nitrogens with one attached hydrogen (secondary N) is 1. The van der Waals surface area contributed by atoms with Crippen LogP contribution in [0.25, 0.3) is 16.6 Å². The van der Waals surface area contributed by atoms with E-state index in [0.717, 1.165) is 19.6 Å². The third-order valence-corrected chi connectivity index (χ3v) is 7.44. The summed E-state index contributed by atoms with van der Waals surface area (Å²) < 4.78 is 1.53. The topological polar surface area (TPSA) is 67.2 Å². The zero-order valence-electron chi connectivity index (χ0n) is 18.9. The number of carbonyl (C=O) groups is 1. The first-order valence-corrected chi connectivity index (χ1v) is 13.4. The van der Waals surface area contributed by atoms with E-state index in [1.807, 2.05) is 18.2 Å². The Kier molecular flexibility index (Phi) is 8.89. The highest BCUT2D eigenvalue weighted by Gasteiger charge is 2.16. The fourth-order valence-electron chi connectivity index (χ4n) is 4.11. The molecule has 0 atom stereocenters. The normalized spacial score (nSPS) is 14.4. The number of amides is 1. The van der Waals surface area contributed by atoms with Gasteiger partial charge in [0.2, 0.25) is 5.91 Å². The number of hydrogen-bond acceptors (Lipinski definition) is 5. The van der Waals surface area contributed by atoms with Gasteiger partial charge in [-0.2, -0.15) is 0 Å². The standard InChI is InChI=1S/C25H28Cl2N4O2S/c26-18-10-11-22(20(27)17-18)31-24(33)19-7-2-3-8-21(19)29-25(31)34-16-6-9-23(32)28-12-15-30-13-4-1-5-14-30/h2-3,7-8,10-11,17H,1,4-6,9,12-16H2,(H,28,32). The molecule has 180 valence electrons. The molecule has 6 nitrogen and oxygen atoms in total. The number of halogens is 2. The Morgan fingerprint density at radius 3 is 2.68 bits per heavy atom. The molecule has 1 aromatic heterocycles. The first-order chi connectivity index (χ1) is 16.5. The lowest BCUT2D eigenvalue weighted by Crippen LogP contribution is -2.37. The molecule has 2 heterocycles. The van der Waals surface area contributed by atoms with Crippen molar-refractivity contribution in [2.75, 3.05) is 31.9 Å². The smallest absolute Gasteiger partial charge is 0.266 e. The Hall–Kier alpha value is -2.06. The number of fused-ring (bicyclic) bond motifs is 1. The highest BCUT2D eigenvalue weighted by atomic mass is 35.5. The van der Waals surface area contributed by atoms with E-state index in [1.165, 1.54) is 35.6 Å². The highest BCUT2D eigenvalue weighted by molar-refractivity contribution is 7.99. The van der Waals surface area contributed by atoms with Gasteiger partial charge in [0, 0.05) is 30.3 Å². The molecule has 0 radical (unpaired) electrons. The number of para-hydroxylation sites is 1. The van der Waals surface area contributed by atoms with Crippen LogP contribution in [0.5, 0.6) is 0 Å². The van der Waals surface area contributed by atoms with Crippen molar-refractivity contribution in [2.45, 2.75) is 37.3 Å². The molecule has 1 aliphatic heterocycles. The largest absolute Gasteiger partial charge is 0.355 e. The second-order valence-corrected chi connectivity index (χ2v) is 10.3. The van der Waals surface area contributed by atoms with Crippen LogP contribution < -0.4 is 10.9 Å². The monoisotopic (exact) mass is 518 g/mol. The van der Waals surface area contributed by atoms with Gasteiger partial charge in [-0.15, -0.1) is 0 Å².